The van der Waals surface area contributed by atoms with Crippen LogP contribution in [-0.4, -0.2) is 28.3 Å². The number of carbonyl (C=O) groups is 2. The van der Waals surface area contributed by atoms with Gasteiger partial charge in [0.15, 0.2) is 0 Å². The number of rotatable bonds is 2. The van der Waals surface area contributed by atoms with E-state index >= 15 is 0 Å². The van der Waals surface area contributed by atoms with Gasteiger partial charge in [-0.3, -0.25) is 0 Å². The van der Waals surface area contributed by atoms with Crippen LogP contribution in [0.5, 0.6) is 0 Å². The fourth-order valence-electron chi connectivity index (χ4n) is 0.388. The Labute approximate surface area is 63.9 Å². The molecule has 0 radical (unpaired) electrons. The second-order valence-electron chi connectivity index (χ2n) is 1.70. The molecule has 0 saturated heterocycles. The highest BCUT2D eigenvalue weighted by Crippen LogP contribution is 2.25. The molecule has 0 aliphatic heterocycles. The summed E-state index contributed by atoms with van der Waals surface area (Å²) in [6, 6.07) is 0. The SMILES string of the molecule is O=C(O)C=C(C(=O)O)C(F)(F)F. The van der Waals surface area contributed by atoms with Crippen LogP contribution in [0.4, 0.5) is 13.2 Å². The van der Waals surface area contributed by atoms with E-state index in [-0.39, 0.29) is 0 Å². The van der Waals surface area contributed by atoms with Crippen LogP contribution >= 0.6 is 0 Å². The van der Waals surface area contributed by atoms with E-state index in [1.807, 2.05) is 0 Å². The molecule has 2 N–H and O–H groups in total. The molecule has 0 aliphatic rings. The van der Waals surface area contributed by atoms with Gasteiger partial charge in [-0.15, -0.1) is 0 Å². The summed E-state index contributed by atoms with van der Waals surface area (Å²) < 4.78 is 34.9. The van der Waals surface area contributed by atoms with Crippen LogP contribution in [-0.2, 0) is 9.59 Å². The lowest BCUT2D eigenvalue weighted by Gasteiger charge is -2.04. The summed E-state index contributed by atoms with van der Waals surface area (Å²) in [5, 5.41) is 15.8. The molecule has 0 atom stereocenters. The predicted molar refractivity (Wildman–Crippen MR) is 29.4 cm³/mol. The van der Waals surface area contributed by atoms with Crippen molar-refractivity contribution in [3.05, 3.63) is 11.6 Å². The highest BCUT2D eigenvalue weighted by molar-refractivity contribution is 5.95. The number of alkyl halides is 3. The van der Waals surface area contributed by atoms with Crippen molar-refractivity contribution in [2.24, 2.45) is 0 Å². The van der Waals surface area contributed by atoms with E-state index in [0.717, 1.165) is 0 Å². The lowest BCUT2D eigenvalue weighted by Crippen LogP contribution is -2.20. The zero-order valence-corrected chi connectivity index (χ0v) is 5.42. The van der Waals surface area contributed by atoms with Crippen LogP contribution in [0, 0.1) is 0 Å². The van der Waals surface area contributed by atoms with Gasteiger partial charge in [0, 0.05) is 6.08 Å². The van der Waals surface area contributed by atoms with Crippen molar-refractivity contribution in [3.8, 4) is 0 Å². The van der Waals surface area contributed by atoms with Gasteiger partial charge in [-0.05, 0) is 0 Å². The van der Waals surface area contributed by atoms with E-state index in [9.17, 15) is 22.8 Å². The van der Waals surface area contributed by atoms with Gasteiger partial charge in [0.05, 0.1) is 0 Å². The zero-order chi connectivity index (χ0) is 9.94. The average molecular weight is 184 g/mol. The quantitative estimate of drug-likeness (QED) is 0.617. The normalized spacial score (nSPS) is 12.8. The maximum absolute atomic E-state index is 11.6. The number of carboxylic acids is 2. The van der Waals surface area contributed by atoms with Gasteiger partial charge in [-0.25, -0.2) is 9.59 Å². The summed E-state index contributed by atoms with van der Waals surface area (Å²) in [7, 11) is 0. The molecular weight excluding hydrogens is 181 g/mol. The van der Waals surface area contributed by atoms with Crippen LogP contribution in [0.2, 0.25) is 0 Å². The number of aliphatic carboxylic acids is 2. The molecule has 0 aromatic heterocycles. The summed E-state index contributed by atoms with van der Waals surface area (Å²) in [4.78, 5) is 19.6. The Balaban J connectivity index is 4.94. The number of hydrogen-bond donors (Lipinski definition) is 2. The number of hydrogen-bond acceptors (Lipinski definition) is 2. The zero-order valence-electron chi connectivity index (χ0n) is 5.42. The van der Waals surface area contributed by atoms with Crippen molar-refractivity contribution in [3.63, 3.8) is 0 Å². The first-order chi connectivity index (χ1) is 5.25. The van der Waals surface area contributed by atoms with E-state index in [1.165, 1.54) is 0 Å². The fraction of sp³-hybridized carbons (Fsp3) is 0.200. The Morgan fingerprint density at radius 3 is 1.67 bits per heavy atom. The highest BCUT2D eigenvalue weighted by atomic mass is 19.4. The van der Waals surface area contributed by atoms with Crippen molar-refractivity contribution in [1.82, 2.24) is 0 Å². The topological polar surface area (TPSA) is 74.6 Å². The van der Waals surface area contributed by atoms with Crippen LogP contribution in [0.1, 0.15) is 0 Å². The van der Waals surface area contributed by atoms with Crippen LogP contribution < -0.4 is 0 Å². The number of carboxylic acid groups (broad SMARTS) is 2. The first kappa shape index (κ1) is 10.5. The Bertz CT molecular complexity index is 240. The molecule has 0 bridgehead atoms. The maximum atomic E-state index is 11.6. The minimum Gasteiger partial charge on any atom is -0.478 e. The Morgan fingerprint density at radius 2 is 1.58 bits per heavy atom. The van der Waals surface area contributed by atoms with Crippen LogP contribution in [0.3, 0.4) is 0 Å². The third-order valence-corrected chi connectivity index (χ3v) is 0.804. The molecule has 0 spiro atoms. The molecule has 0 fully saturated rings. The molecule has 0 unspecified atom stereocenters. The lowest BCUT2D eigenvalue weighted by molar-refractivity contribution is -0.146. The van der Waals surface area contributed by atoms with Gasteiger partial charge in [0.25, 0.3) is 0 Å². The molecule has 0 amide bonds. The summed E-state index contributed by atoms with van der Waals surface area (Å²) >= 11 is 0. The van der Waals surface area contributed by atoms with Gasteiger partial charge in [0.1, 0.15) is 5.57 Å². The fourth-order valence-corrected chi connectivity index (χ4v) is 0.388. The van der Waals surface area contributed by atoms with Crippen molar-refractivity contribution < 1.29 is 33.0 Å². The van der Waals surface area contributed by atoms with E-state index < -0.39 is 29.8 Å². The predicted octanol–water partition coefficient (Wildman–Crippen LogP) is 0.644. The molecule has 4 nitrogen and oxygen atoms in total. The largest absolute Gasteiger partial charge is 0.478 e. The second kappa shape index (κ2) is 3.24. The van der Waals surface area contributed by atoms with Crippen LogP contribution in [0.15, 0.2) is 11.6 Å². The third-order valence-electron chi connectivity index (χ3n) is 0.804. The monoisotopic (exact) mass is 184 g/mol. The van der Waals surface area contributed by atoms with E-state index in [1.54, 1.807) is 0 Å². The van der Waals surface area contributed by atoms with Gasteiger partial charge in [-0.2, -0.15) is 13.2 Å². The molecule has 0 aliphatic carbocycles. The molecular formula is C5H3F3O4. The van der Waals surface area contributed by atoms with Crippen LogP contribution in [0.25, 0.3) is 0 Å². The van der Waals surface area contributed by atoms with E-state index in [2.05, 4.69) is 0 Å². The first-order valence-electron chi connectivity index (χ1n) is 2.50. The minimum absolute atomic E-state index is 0.400. The minimum atomic E-state index is -5.15. The second-order valence-corrected chi connectivity index (χ2v) is 1.70. The van der Waals surface area contributed by atoms with Gasteiger partial charge in [0.2, 0.25) is 0 Å². The molecule has 12 heavy (non-hydrogen) atoms. The average Bonchev–Trinajstić information content (AvgIpc) is 1.79. The molecule has 0 aromatic rings. The standard InChI is InChI=1S/C5H3F3O4/c6-5(7,8)2(4(11)12)1-3(9)10/h1H,(H,9,10)(H,11,12). The third kappa shape index (κ3) is 3.04. The van der Waals surface area contributed by atoms with Crippen molar-refractivity contribution in [2.45, 2.75) is 6.18 Å². The summed E-state index contributed by atoms with van der Waals surface area (Å²) in [5.74, 6) is -4.27. The summed E-state index contributed by atoms with van der Waals surface area (Å²) in [6.07, 6.45) is -5.55. The molecule has 0 aromatic carbocycles. The molecule has 0 saturated carbocycles. The molecule has 68 valence electrons. The summed E-state index contributed by atoms with van der Waals surface area (Å²) in [5.41, 5.74) is -2.10. The van der Waals surface area contributed by atoms with Gasteiger partial charge < -0.3 is 10.2 Å². The summed E-state index contributed by atoms with van der Waals surface area (Å²) in [6.45, 7) is 0. The Hall–Kier alpha value is -1.53. The van der Waals surface area contributed by atoms with Crippen molar-refractivity contribution in [1.29, 1.82) is 0 Å². The number of halogens is 3. The van der Waals surface area contributed by atoms with Gasteiger partial charge >= 0.3 is 18.1 Å². The molecule has 7 heteroatoms. The highest BCUT2D eigenvalue weighted by Gasteiger charge is 2.39. The smallest absolute Gasteiger partial charge is 0.423 e. The molecule has 0 heterocycles. The van der Waals surface area contributed by atoms with Gasteiger partial charge in [-0.1, -0.05) is 0 Å². The Morgan fingerprint density at radius 1 is 1.17 bits per heavy atom. The van der Waals surface area contributed by atoms with E-state index in [4.69, 9.17) is 10.2 Å². The molecule has 0 rings (SSSR count). The van der Waals surface area contributed by atoms with Crippen molar-refractivity contribution in [2.75, 3.05) is 0 Å². The maximum Gasteiger partial charge on any atom is 0.423 e. The lowest BCUT2D eigenvalue weighted by atomic mass is 10.2. The van der Waals surface area contributed by atoms with E-state index in [0.29, 0.717) is 0 Å². The first-order valence-corrected chi connectivity index (χ1v) is 2.50. The van der Waals surface area contributed by atoms with Crippen molar-refractivity contribution >= 4 is 11.9 Å². The Kier molecular flexibility index (Phi) is 2.83.